The van der Waals surface area contributed by atoms with E-state index in [0.29, 0.717) is 0 Å². The van der Waals surface area contributed by atoms with E-state index >= 15 is 0 Å². The molecule has 0 fully saturated rings. The van der Waals surface area contributed by atoms with Gasteiger partial charge in [-0.1, -0.05) is 24.3 Å². The highest BCUT2D eigenvalue weighted by molar-refractivity contribution is 7.98. The minimum atomic E-state index is 0.938. The molecular weight excluding hydrogens is 158 g/mol. The third-order valence-electron chi connectivity index (χ3n) is 1.58. The first-order valence-electron chi connectivity index (χ1n) is 4.01. The Kier molecular flexibility index (Phi) is 4.19. The molecule has 1 heterocycles. The second-order valence-corrected chi connectivity index (χ2v) is 3.28. The monoisotopic (exact) mass is 171 g/mol. The van der Waals surface area contributed by atoms with Crippen LogP contribution in [0.4, 0.5) is 0 Å². The molecule has 0 atom stereocenters. The summed E-state index contributed by atoms with van der Waals surface area (Å²) in [6, 6.07) is 0. The van der Waals surface area contributed by atoms with Gasteiger partial charge in [-0.25, -0.2) is 0 Å². The summed E-state index contributed by atoms with van der Waals surface area (Å²) < 4.78 is 3.71. The molecule has 0 bridgehead atoms. The molecule has 11 heavy (non-hydrogen) atoms. The van der Waals surface area contributed by atoms with Gasteiger partial charge in [0, 0.05) is 11.9 Å². The third kappa shape index (κ3) is 3.51. The Bertz CT molecular complexity index is 165. The van der Waals surface area contributed by atoms with E-state index in [9.17, 15) is 0 Å². The van der Waals surface area contributed by atoms with E-state index in [1.54, 1.807) is 0 Å². The van der Waals surface area contributed by atoms with E-state index in [1.165, 1.54) is 36.9 Å². The molecule has 0 amide bonds. The normalized spacial score (nSPS) is 16.6. The molecule has 4 heteroatoms. The summed E-state index contributed by atoms with van der Waals surface area (Å²) in [6.45, 7) is 2.21. The van der Waals surface area contributed by atoms with Crippen LogP contribution in [0.1, 0.15) is 32.6 Å². The van der Waals surface area contributed by atoms with Crippen LogP contribution in [0.2, 0.25) is 0 Å². The fourth-order valence-electron chi connectivity index (χ4n) is 0.941. The average Bonchev–Trinajstić information content (AvgIpc) is 2.07. The Morgan fingerprint density at radius 2 is 2.36 bits per heavy atom. The maximum Gasteiger partial charge on any atom is 0.0576 e. The first-order chi connectivity index (χ1) is 5.43. The first kappa shape index (κ1) is 8.71. The van der Waals surface area contributed by atoms with Crippen molar-refractivity contribution in [3.05, 3.63) is 0 Å². The molecule has 0 unspecified atom stereocenters. The molecular formula is C7H13N3S. The molecule has 62 valence electrons. The van der Waals surface area contributed by atoms with Crippen molar-refractivity contribution >= 4 is 17.7 Å². The molecule has 0 N–H and O–H groups in total. The standard InChI is InChI=1S/C7H13N3S/c1-2-3-4-5-7-6-11-10-9-8-7/h2-6H2,1H3. The van der Waals surface area contributed by atoms with Crippen molar-refractivity contribution < 1.29 is 0 Å². The van der Waals surface area contributed by atoms with Crippen LogP contribution < -0.4 is 0 Å². The minimum absolute atomic E-state index is 0.938. The van der Waals surface area contributed by atoms with Gasteiger partial charge >= 0.3 is 0 Å². The van der Waals surface area contributed by atoms with Crippen molar-refractivity contribution in [2.75, 3.05) is 5.75 Å². The first-order valence-corrected chi connectivity index (χ1v) is 4.95. The molecule has 0 saturated heterocycles. The molecule has 3 nitrogen and oxygen atoms in total. The lowest BCUT2D eigenvalue weighted by Crippen LogP contribution is -2.02. The lowest BCUT2D eigenvalue weighted by atomic mass is 10.1. The van der Waals surface area contributed by atoms with Crippen molar-refractivity contribution in [1.29, 1.82) is 0 Å². The molecule has 0 aliphatic carbocycles. The fraction of sp³-hybridized carbons (Fsp3) is 0.857. The number of rotatable bonds is 4. The summed E-state index contributed by atoms with van der Waals surface area (Å²) in [5.41, 5.74) is 1.19. The molecule has 0 aromatic carbocycles. The highest BCUT2D eigenvalue weighted by atomic mass is 32.2. The van der Waals surface area contributed by atoms with Gasteiger partial charge in [0.15, 0.2) is 0 Å². The van der Waals surface area contributed by atoms with Gasteiger partial charge < -0.3 is 0 Å². The molecule has 1 aliphatic heterocycles. The molecule has 1 aliphatic rings. The van der Waals surface area contributed by atoms with Crippen LogP contribution in [0.15, 0.2) is 14.8 Å². The fourth-order valence-corrected chi connectivity index (χ4v) is 1.44. The second-order valence-electron chi connectivity index (χ2n) is 2.57. The van der Waals surface area contributed by atoms with E-state index in [1.807, 2.05) is 0 Å². The molecule has 0 aromatic rings. The van der Waals surface area contributed by atoms with Gasteiger partial charge in [-0.05, 0) is 18.1 Å². The molecule has 0 radical (unpaired) electrons. The molecule has 0 aromatic heterocycles. The highest BCUT2D eigenvalue weighted by Gasteiger charge is 2.02. The van der Waals surface area contributed by atoms with Gasteiger partial charge in [-0.15, -0.1) is 5.10 Å². The summed E-state index contributed by atoms with van der Waals surface area (Å²) in [4.78, 5) is 0. The van der Waals surface area contributed by atoms with Gasteiger partial charge in [0.25, 0.3) is 0 Å². The number of nitrogens with zero attached hydrogens (tertiary/aromatic N) is 3. The van der Waals surface area contributed by atoms with Crippen molar-refractivity contribution in [3.63, 3.8) is 0 Å². The second kappa shape index (κ2) is 5.29. The van der Waals surface area contributed by atoms with E-state index in [0.717, 1.165) is 12.2 Å². The maximum atomic E-state index is 3.96. The minimum Gasteiger partial charge on any atom is -0.138 e. The quantitative estimate of drug-likeness (QED) is 0.473. The molecule has 1 rings (SSSR count). The van der Waals surface area contributed by atoms with Gasteiger partial charge in [0.1, 0.15) is 0 Å². The third-order valence-corrected chi connectivity index (χ3v) is 2.23. The Morgan fingerprint density at radius 1 is 1.45 bits per heavy atom. The van der Waals surface area contributed by atoms with E-state index < -0.39 is 0 Å². The molecule has 0 saturated carbocycles. The van der Waals surface area contributed by atoms with Gasteiger partial charge in [0.05, 0.1) is 11.5 Å². The lowest BCUT2D eigenvalue weighted by molar-refractivity contribution is 0.739. The van der Waals surface area contributed by atoms with Gasteiger partial charge in [0.2, 0.25) is 0 Å². The zero-order chi connectivity index (χ0) is 7.94. The van der Waals surface area contributed by atoms with Crippen LogP contribution in [0.3, 0.4) is 0 Å². The highest BCUT2D eigenvalue weighted by Crippen LogP contribution is 2.13. The maximum absolute atomic E-state index is 3.96. The summed E-state index contributed by atoms with van der Waals surface area (Å²) >= 11 is 1.49. The van der Waals surface area contributed by atoms with Crippen LogP contribution in [0.25, 0.3) is 0 Å². The van der Waals surface area contributed by atoms with Crippen LogP contribution in [0.5, 0.6) is 0 Å². The van der Waals surface area contributed by atoms with Gasteiger partial charge in [-0.3, -0.25) is 0 Å². The van der Waals surface area contributed by atoms with E-state index in [2.05, 4.69) is 21.8 Å². The Labute approximate surface area is 71.5 Å². The van der Waals surface area contributed by atoms with Gasteiger partial charge in [-0.2, -0.15) is 0 Å². The molecule has 0 spiro atoms. The Morgan fingerprint density at radius 3 is 3.00 bits per heavy atom. The summed E-state index contributed by atoms with van der Waals surface area (Å²) in [6.07, 6.45) is 4.90. The smallest absolute Gasteiger partial charge is 0.0576 e. The van der Waals surface area contributed by atoms with Crippen molar-refractivity contribution in [3.8, 4) is 0 Å². The van der Waals surface area contributed by atoms with E-state index in [4.69, 9.17) is 0 Å². The SMILES string of the molecule is CCCCCC1=NN=NSC1. The average molecular weight is 171 g/mol. The topological polar surface area (TPSA) is 37.1 Å². The number of hydrogen-bond acceptors (Lipinski definition) is 4. The summed E-state index contributed by atoms with van der Waals surface area (Å²) in [5.74, 6) is 0.938. The van der Waals surface area contributed by atoms with Crippen LogP contribution >= 0.6 is 11.9 Å². The number of unbranched alkanes of at least 4 members (excludes halogenated alkanes) is 2. The zero-order valence-corrected chi connectivity index (χ0v) is 7.60. The Hall–Kier alpha value is -0.380. The van der Waals surface area contributed by atoms with Crippen LogP contribution in [-0.4, -0.2) is 11.5 Å². The Balaban J connectivity index is 2.15. The predicted octanol–water partition coefficient (Wildman–Crippen LogP) is 3.04. The predicted molar refractivity (Wildman–Crippen MR) is 48.9 cm³/mol. The van der Waals surface area contributed by atoms with Crippen LogP contribution in [0, 0.1) is 0 Å². The number of hydrogen-bond donors (Lipinski definition) is 0. The van der Waals surface area contributed by atoms with Crippen LogP contribution in [-0.2, 0) is 0 Å². The lowest BCUT2D eigenvalue weighted by Gasteiger charge is -2.03. The van der Waals surface area contributed by atoms with E-state index in [-0.39, 0.29) is 0 Å². The largest absolute Gasteiger partial charge is 0.138 e. The van der Waals surface area contributed by atoms with Crippen molar-refractivity contribution in [2.24, 2.45) is 14.8 Å². The van der Waals surface area contributed by atoms with Crippen molar-refractivity contribution in [2.45, 2.75) is 32.6 Å². The van der Waals surface area contributed by atoms with Crippen molar-refractivity contribution in [1.82, 2.24) is 0 Å². The summed E-state index contributed by atoms with van der Waals surface area (Å²) in [7, 11) is 0. The summed E-state index contributed by atoms with van der Waals surface area (Å²) in [5, 5.41) is 7.57. The zero-order valence-electron chi connectivity index (χ0n) is 6.79.